The van der Waals surface area contributed by atoms with E-state index in [1.807, 2.05) is 0 Å². The Bertz CT molecular complexity index is 579. The van der Waals surface area contributed by atoms with E-state index in [2.05, 4.69) is 21.2 Å². The summed E-state index contributed by atoms with van der Waals surface area (Å²) in [5.74, 6) is 0.363. The summed E-state index contributed by atoms with van der Waals surface area (Å²) in [7, 11) is 0. The van der Waals surface area contributed by atoms with Crippen molar-refractivity contribution in [2.24, 2.45) is 5.92 Å². The second kappa shape index (κ2) is 5.73. The lowest BCUT2D eigenvalue weighted by Gasteiger charge is -2.24. The third-order valence-electron chi connectivity index (χ3n) is 4.28. The van der Waals surface area contributed by atoms with Crippen LogP contribution in [0.15, 0.2) is 22.7 Å². The van der Waals surface area contributed by atoms with Crippen molar-refractivity contribution in [1.82, 2.24) is 10.2 Å². The third kappa shape index (κ3) is 2.80. The van der Waals surface area contributed by atoms with Crippen LogP contribution in [-0.4, -0.2) is 41.4 Å². The molecule has 112 valence electrons. The summed E-state index contributed by atoms with van der Waals surface area (Å²) in [6.45, 7) is 2.41. The number of fused-ring (bicyclic) bond motifs is 1. The average molecular weight is 354 g/mol. The molecule has 3 rings (SSSR count). The summed E-state index contributed by atoms with van der Waals surface area (Å²) in [5, 5.41) is 14.3. The van der Waals surface area contributed by atoms with E-state index in [4.69, 9.17) is 0 Å². The largest absolute Gasteiger partial charge is 0.337 e. The Hall–Kier alpha value is -1.47. The Morgan fingerprint density at radius 3 is 2.95 bits per heavy atom. The van der Waals surface area contributed by atoms with Gasteiger partial charge in [0.1, 0.15) is 0 Å². The number of nitrogens with one attached hydrogen (secondary N) is 1. The Morgan fingerprint density at radius 2 is 2.24 bits per heavy atom. The van der Waals surface area contributed by atoms with Gasteiger partial charge in [0.05, 0.1) is 10.5 Å². The molecule has 7 heteroatoms. The van der Waals surface area contributed by atoms with E-state index in [0.717, 1.165) is 25.9 Å². The molecule has 21 heavy (non-hydrogen) atoms. The average Bonchev–Trinajstić information content (AvgIpc) is 2.90. The number of nitro groups is 1. The minimum atomic E-state index is -0.478. The van der Waals surface area contributed by atoms with Gasteiger partial charge in [-0.15, -0.1) is 0 Å². The van der Waals surface area contributed by atoms with Crippen LogP contribution in [0.3, 0.4) is 0 Å². The second-order valence-corrected chi connectivity index (χ2v) is 6.45. The van der Waals surface area contributed by atoms with Gasteiger partial charge in [-0.05, 0) is 47.3 Å². The zero-order valence-corrected chi connectivity index (χ0v) is 13.0. The van der Waals surface area contributed by atoms with Gasteiger partial charge in [-0.3, -0.25) is 14.9 Å². The lowest BCUT2D eigenvalue weighted by Crippen LogP contribution is -2.41. The fraction of sp³-hybridized carbons (Fsp3) is 0.500. The maximum atomic E-state index is 12.6. The van der Waals surface area contributed by atoms with Crippen molar-refractivity contribution in [2.75, 3.05) is 19.6 Å². The molecule has 0 aromatic heterocycles. The number of nitro benzene ring substituents is 1. The van der Waals surface area contributed by atoms with Crippen LogP contribution in [-0.2, 0) is 0 Å². The highest BCUT2D eigenvalue weighted by atomic mass is 79.9. The Kier molecular flexibility index (Phi) is 3.95. The van der Waals surface area contributed by atoms with E-state index in [1.165, 1.54) is 12.1 Å². The zero-order valence-electron chi connectivity index (χ0n) is 11.4. The molecule has 2 atom stereocenters. The van der Waals surface area contributed by atoms with Crippen molar-refractivity contribution in [1.29, 1.82) is 0 Å². The van der Waals surface area contributed by atoms with Gasteiger partial charge in [0.15, 0.2) is 0 Å². The maximum Gasteiger partial charge on any atom is 0.270 e. The molecule has 0 radical (unpaired) electrons. The van der Waals surface area contributed by atoms with E-state index in [0.29, 0.717) is 28.5 Å². The van der Waals surface area contributed by atoms with E-state index in [-0.39, 0.29) is 11.6 Å². The molecular formula is C14H16BrN3O3. The zero-order chi connectivity index (χ0) is 15.0. The molecule has 2 fully saturated rings. The number of likely N-dealkylation sites (tertiary alicyclic amines) is 1. The van der Waals surface area contributed by atoms with Crippen LogP contribution in [0.2, 0.25) is 0 Å². The fourth-order valence-corrected chi connectivity index (χ4v) is 3.59. The minimum absolute atomic E-state index is 0.0590. The number of amides is 1. The van der Waals surface area contributed by atoms with Crippen molar-refractivity contribution in [3.63, 3.8) is 0 Å². The van der Waals surface area contributed by atoms with E-state index in [9.17, 15) is 14.9 Å². The Balaban J connectivity index is 1.82. The fourth-order valence-electron chi connectivity index (χ4n) is 3.17. The number of hydrogen-bond donors (Lipinski definition) is 1. The quantitative estimate of drug-likeness (QED) is 0.653. The highest BCUT2D eigenvalue weighted by molar-refractivity contribution is 9.10. The maximum absolute atomic E-state index is 12.6. The first-order valence-electron chi connectivity index (χ1n) is 7.03. The lowest BCUT2D eigenvalue weighted by atomic mass is 9.94. The molecule has 1 aromatic carbocycles. The summed E-state index contributed by atoms with van der Waals surface area (Å²) in [4.78, 5) is 24.8. The molecule has 2 aliphatic rings. The van der Waals surface area contributed by atoms with Gasteiger partial charge in [0, 0.05) is 35.7 Å². The highest BCUT2D eigenvalue weighted by Gasteiger charge is 2.37. The summed E-state index contributed by atoms with van der Waals surface area (Å²) in [6, 6.07) is 4.67. The van der Waals surface area contributed by atoms with Crippen molar-refractivity contribution in [3.05, 3.63) is 38.3 Å². The molecule has 0 aliphatic carbocycles. The molecule has 0 saturated carbocycles. The smallest absolute Gasteiger partial charge is 0.270 e. The highest BCUT2D eigenvalue weighted by Crippen LogP contribution is 2.29. The molecule has 0 spiro atoms. The van der Waals surface area contributed by atoms with Gasteiger partial charge in [-0.25, -0.2) is 0 Å². The van der Waals surface area contributed by atoms with Crippen LogP contribution in [0.5, 0.6) is 0 Å². The van der Waals surface area contributed by atoms with Gasteiger partial charge in [-0.2, -0.15) is 0 Å². The van der Waals surface area contributed by atoms with Gasteiger partial charge >= 0.3 is 0 Å². The summed E-state index contributed by atoms with van der Waals surface area (Å²) < 4.78 is 0.598. The predicted molar refractivity (Wildman–Crippen MR) is 81.2 cm³/mol. The van der Waals surface area contributed by atoms with Gasteiger partial charge < -0.3 is 10.2 Å². The van der Waals surface area contributed by atoms with Crippen LogP contribution < -0.4 is 5.32 Å². The molecule has 2 saturated heterocycles. The van der Waals surface area contributed by atoms with Crippen molar-refractivity contribution < 1.29 is 9.72 Å². The minimum Gasteiger partial charge on any atom is -0.337 e. The van der Waals surface area contributed by atoms with E-state index in [1.54, 1.807) is 11.0 Å². The van der Waals surface area contributed by atoms with Crippen LogP contribution in [0.25, 0.3) is 0 Å². The standard InChI is InChI=1S/C14H16BrN3O3/c15-12-4-3-10(18(20)21)6-11(12)14(19)17-7-9-2-1-5-16-13(9)8-17/h3-4,6,9,13,16H,1-2,5,7-8H2/t9-,13+/m0/s1. The molecule has 1 N–H and O–H groups in total. The van der Waals surface area contributed by atoms with Crippen LogP contribution in [0.1, 0.15) is 23.2 Å². The third-order valence-corrected chi connectivity index (χ3v) is 4.97. The van der Waals surface area contributed by atoms with Gasteiger partial charge in [0.2, 0.25) is 0 Å². The predicted octanol–water partition coefficient (Wildman–Crippen LogP) is 2.18. The van der Waals surface area contributed by atoms with Crippen molar-refractivity contribution in [2.45, 2.75) is 18.9 Å². The monoisotopic (exact) mass is 353 g/mol. The topological polar surface area (TPSA) is 75.5 Å². The molecule has 6 nitrogen and oxygen atoms in total. The van der Waals surface area contributed by atoms with Crippen molar-refractivity contribution >= 4 is 27.5 Å². The SMILES string of the molecule is O=C(c1cc([N+](=O)[O-])ccc1Br)N1C[C@@H]2CCCN[C@@H]2C1. The first-order chi connectivity index (χ1) is 10.1. The Morgan fingerprint density at radius 1 is 1.43 bits per heavy atom. The molecule has 1 aromatic rings. The number of non-ortho nitro benzene ring substituents is 1. The van der Waals surface area contributed by atoms with E-state index < -0.39 is 4.92 Å². The van der Waals surface area contributed by atoms with Gasteiger partial charge in [0.25, 0.3) is 11.6 Å². The van der Waals surface area contributed by atoms with Crippen LogP contribution in [0, 0.1) is 16.0 Å². The summed E-state index contributed by atoms with van der Waals surface area (Å²) in [6.07, 6.45) is 2.28. The van der Waals surface area contributed by atoms with Crippen LogP contribution >= 0.6 is 15.9 Å². The van der Waals surface area contributed by atoms with Crippen LogP contribution in [0.4, 0.5) is 5.69 Å². The first kappa shape index (κ1) is 14.5. The van der Waals surface area contributed by atoms with Gasteiger partial charge in [-0.1, -0.05) is 0 Å². The number of carbonyl (C=O) groups is 1. The molecular weight excluding hydrogens is 338 g/mol. The molecule has 2 aliphatic heterocycles. The van der Waals surface area contributed by atoms with Crippen molar-refractivity contribution in [3.8, 4) is 0 Å². The number of piperidine rings is 1. The number of rotatable bonds is 2. The number of nitrogens with zero attached hydrogens (tertiary/aromatic N) is 2. The summed E-state index contributed by atoms with van der Waals surface area (Å²) >= 11 is 3.32. The number of carbonyl (C=O) groups excluding carboxylic acids is 1. The number of benzene rings is 1. The molecule has 0 unspecified atom stereocenters. The molecule has 0 bridgehead atoms. The van der Waals surface area contributed by atoms with E-state index >= 15 is 0 Å². The normalized spacial score (nSPS) is 24.7. The summed E-state index contributed by atoms with van der Waals surface area (Å²) in [5.41, 5.74) is 0.305. The first-order valence-corrected chi connectivity index (χ1v) is 7.82. The molecule has 2 heterocycles. The lowest BCUT2D eigenvalue weighted by molar-refractivity contribution is -0.384. The number of halogens is 1. The number of hydrogen-bond acceptors (Lipinski definition) is 4. The Labute approximate surface area is 130 Å². The molecule has 1 amide bonds. The second-order valence-electron chi connectivity index (χ2n) is 5.59.